The van der Waals surface area contributed by atoms with Crippen molar-refractivity contribution in [2.45, 2.75) is 13.8 Å². The lowest BCUT2D eigenvalue weighted by Gasteiger charge is -2.21. The Balaban J connectivity index is 2.85. The van der Waals surface area contributed by atoms with Crippen LogP contribution in [0.15, 0.2) is 48.2 Å². The quantitative estimate of drug-likeness (QED) is 0.596. The van der Waals surface area contributed by atoms with E-state index < -0.39 is 0 Å². The lowest BCUT2D eigenvalue weighted by molar-refractivity contribution is -0.125. The Morgan fingerprint density at radius 1 is 1.29 bits per heavy atom. The van der Waals surface area contributed by atoms with Gasteiger partial charge in [0.15, 0.2) is 0 Å². The average molecular weight is 288 g/mol. The zero-order chi connectivity index (χ0) is 16.0. The molecule has 0 heterocycles. The van der Waals surface area contributed by atoms with Gasteiger partial charge in [-0.25, -0.2) is 0 Å². The summed E-state index contributed by atoms with van der Waals surface area (Å²) in [5.74, 6) is 0.762. The molecule has 0 unspecified atom stereocenters. The second-order valence-corrected chi connectivity index (χ2v) is 4.89. The highest BCUT2D eigenvalue weighted by atomic mass is 16.5. The van der Waals surface area contributed by atoms with E-state index in [1.807, 2.05) is 50.1 Å². The van der Waals surface area contributed by atoms with Gasteiger partial charge < -0.3 is 14.5 Å². The number of carbonyl (C=O) groups is 1. The largest absolute Gasteiger partial charge is 0.497 e. The van der Waals surface area contributed by atoms with Gasteiger partial charge in [-0.15, -0.1) is 0 Å². The van der Waals surface area contributed by atoms with E-state index in [1.54, 1.807) is 25.1 Å². The molecule has 4 nitrogen and oxygen atoms in total. The van der Waals surface area contributed by atoms with E-state index in [0.717, 1.165) is 17.1 Å². The molecule has 114 valence electrons. The highest BCUT2D eigenvalue weighted by molar-refractivity contribution is 5.95. The summed E-state index contributed by atoms with van der Waals surface area (Å²) < 4.78 is 5.15. The molecule has 0 saturated heterocycles. The Hall–Kier alpha value is -2.23. The molecule has 0 radical (unpaired) electrons. The summed E-state index contributed by atoms with van der Waals surface area (Å²) in [6.45, 7) is 8.41. The van der Waals surface area contributed by atoms with E-state index in [4.69, 9.17) is 4.74 Å². The fourth-order valence-electron chi connectivity index (χ4n) is 1.81. The number of ether oxygens (including phenoxy) is 1. The van der Waals surface area contributed by atoms with Gasteiger partial charge in [-0.3, -0.25) is 4.79 Å². The smallest absolute Gasteiger partial charge is 0.253 e. The number of anilines is 1. The molecule has 0 aliphatic carbocycles. The van der Waals surface area contributed by atoms with E-state index in [0.29, 0.717) is 12.1 Å². The lowest BCUT2D eigenvalue weighted by Crippen LogP contribution is -2.27. The number of methoxy groups -OCH3 is 1. The van der Waals surface area contributed by atoms with Crippen LogP contribution in [0, 0.1) is 0 Å². The summed E-state index contributed by atoms with van der Waals surface area (Å²) in [5, 5.41) is 0. The number of hydrogen-bond acceptors (Lipinski definition) is 3. The van der Waals surface area contributed by atoms with Gasteiger partial charge in [-0.1, -0.05) is 6.58 Å². The first-order chi connectivity index (χ1) is 9.90. The first-order valence-corrected chi connectivity index (χ1v) is 6.91. The SMILES string of the molecule is C=C(/C=C(\C)N(C)c1ccc(OC)cc1)C(=O)N(C)CC. The number of benzene rings is 1. The van der Waals surface area contributed by atoms with Crippen LogP contribution in [-0.4, -0.2) is 38.6 Å². The third-order valence-electron chi connectivity index (χ3n) is 3.47. The molecule has 1 aromatic carbocycles. The number of rotatable bonds is 6. The molecule has 0 aliphatic heterocycles. The van der Waals surface area contributed by atoms with Gasteiger partial charge in [0, 0.05) is 37.6 Å². The van der Waals surface area contributed by atoms with Gasteiger partial charge in [0.05, 0.1) is 7.11 Å². The number of nitrogens with zero attached hydrogens (tertiary/aromatic N) is 2. The van der Waals surface area contributed by atoms with Crippen LogP contribution in [0.25, 0.3) is 0 Å². The van der Waals surface area contributed by atoms with E-state index >= 15 is 0 Å². The van der Waals surface area contributed by atoms with E-state index in [1.165, 1.54) is 0 Å². The Morgan fingerprint density at radius 3 is 2.33 bits per heavy atom. The van der Waals surface area contributed by atoms with Crippen molar-refractivity contribution in [1.82, 2.24) is 4.90 Å². The minimum absolute atomic E-state index is 0.0556. The Labute approximate surface area is 127 Å². The molecule has 1 rings (SSSR count). The zero-order valence-electron chi connectivity index (χ0n) is 13.5. The molecule has 0 bridgehead atoms. The maximum Gasteiger partial charge on any atom is 0.253 e. The zero-order valence-corrected chi connectivity index (χ0v) is 13.5. The monoisotopic (exact) mass is 288 g/mol. The second kappa shape index (κ2) is 7.53. The lowest BCUT2D eigenvalue weighted by atomic mass is 10.2. The Morgan fingerprint density at radius 2 is 1.86 bits per heavy atom. The normalized spacial score (nSPS) is 11.0. The predicted molar refractivity (Wildman–Crippen MR) is 87.6 cm³/mol. The molecular formula is C17H24N2O2. The number of likely N-dealkylation sites (N-methyl/N-ethyl adjacent to an activating group) is 1. The molecule has 0 N–H and O–H groups in total. The highest BCUT2D eigenvalue weighted by Gasteiger charge is 2.11. The van der Waals surface area contributed by atoms with E-state index in [9.17, 15) is 4.79 Å². The van der Waals surface area contributed by atoms with Crippen molar-refractivity contribution in [3.8, 4) is 5.75 Å². The van der Waals surface area contributed by atoms with Crippen LogP contribution in [-0.2, 0) is 4.79 Å². The van der Waals surface area contributed by atoms with Crippen LogP contribution in [0.5, 0.6) is 5.75 Å². The standard InChI is InChI=1S/C17H24N2O2/c1-7-18(4)17(20)13(2)12-14(3)19(5)15-8-10-16(21-6)11-9-15/h8-12H,2,7H2,1,3-6H3/b14-12+. The van der Waals surface area contributed by atoms with Crippen LogP contribution in [0.1, 0.15) is 13.8 Å². The molecule has 21 heavy (non-hydrogen) atoms. The van der Waals surface area contributed by atoms with Crippen molar-refractivity contribution in [1.29, 1.82) is 0 Å². The second-order valence-electron chi connectivity index (χ2n) is 4.89. The van der Waals surface area contributed by atoms with Crippen molar-refractivity contribution in [2.75, 3.05) is 32.6 Å². The summed E-state index contributed by atoms with van der Waals surface area (Å²) in [6, 6.07) is 7.76. The van der Waals surface area contributed by atoms with Crippen molar-refractivity contribution in [2.24, 2.45) is 0 Å². The third kappa shape index (κ3) is 4.38. The first-order valence-electron chi connectivity index (χ1n) is 6.91. The predicted octanol–water partition coefficient (Wildman–Crippen LogP) is 3.07. The number of carbonyl (C=O) groups excluding carboxylic acids is 1. The fraction of sp³-hybridized carbons (Fsp3) is 0.353. The van der Waals surface area contributed by atoms with Gasteiger partial charge in [0.1, 0.15) is 5.75 Å². The fourth-order valence-corrected chi connectivity index (χ4v) is 1.81. The number of hydrogen-bond donors (Lipinski definition) is 0. The van der Waals surface area contributed by atoms with Crippen LogP contribution in [0.4, 0.5) is 5.69 Å². The molecule has 0 fully saturated rings. The van der Waals surface area contributed by atoms with Gasteiger partial charge in [0.2, 0.25) is 0 Å². The molecular weight excluding hydrogens is 264 g/mol. The molecule has 1 amide bonds. The Kier molecular flexibility index (Phi) is 6.03. The van der Waals surface area contributed by atoms with Crippen molar-refractivity contribution in [3.63, 3.8) is 0 Å². The van der Waals surface area contributed by atoms with E-state index in [2.05, 4.69) is 6.58 Å². The molecule has 0 spiro atoms. The van der Waals surface area contributed by atoms with Gasteiger partial charge in [-0.2, -0.15) is 0 Å². The minimum Gasteiger partial charge on any atom is -0.497 e. The first kappa shape index (κ1) is 16.8. The van der Waals surface area contributed by atoms with Crippen molar-refractivity contribution >= 4 is 11.6 Å². The van der Waals surface area contributed by atoms with E-state index in [-0.39, 0.29) is 5.91 Å². The minimum atomic E-state index is -0.0556. The molecule has 0 atom stereocenters. The van der Waals surface area contributed by atoms with Crippen molar-refractivity contribution in [3.05, 3.63) is 48.2 Å². The topological polar surface area (TPSA) is 32.8 Å². The maximum atomic E-state index is 12.0. The van der Waals surface area contributed by atoms with Crippen LogP contribution >= 0.6 is 0 Å². The number of allylic oxidation sites excluding steroid dienone is 1. The third-order valence-corrected chi connectivity index (χ3v) is 3.47. The van der Waals surface area contributed by atoms with Crippen LogP contribution in [0.2, 0.25) is 0 Å². The van der Waals surface area contributed by atoms with Crippen molar-refractivity contribution < 1.29 is 9.53 Å². The summed E-state index contributed by atoms with van der Waals surface area (Å²) in [5.41, 5.74) is 2.45. The molecule has 0 saturated carbocycles. The van der Waals surface area contributed by atoms with Gasteiger partial charge >= 0.3 is 0 Å². The molecule has 0 aliphatic rings. The van der Waals surface area contributed by atoms with Gasteiger partial charge in [-0.05, 0) is 44.2 Å². The molecule has 4 heteroatoms. The molecule has 1 aromatic rings. The highest BCUT2D eigenvalue weighted by Crippen LogP contribution is 2.21. The van der Waals surface area contributed by atoms with Gasteiger partial charge in [0.25, 0.3) is 5.91 Å². The average Bonchev–Trinajstić information content (AvgIpc) is 2.52. The summed E-state index contributed by atoms with van der Waals surface area (Å²) >= 11 is 0. The van der Waals surface area contributed by atoms with Crippen LogP contribution < -0.4 is 9.64 Å². The summed E-state index contributed by atoms with van der Waals surface area (Å²) in [4.78, 5) is 15.6. The molecule has 0 aromatic heterocycles. The van der Waals surface area contributed by atoms with Crippen LogP contribution in [0.3, 0.4) is 0 Å². The summed E-state index contributed by atoms with van der Waals surface area (Å²) in [6.07, 6.45) is 1.80. The Bertz CT molecular complexity index is 532. The number of amides is 1. The summed E-state index contributed by atoms with van der Waals surface area (Å²) in [7, 11) is 5.36. The maximum absolute atomic E-state index is 12.0.